The fraction of sp³-hybridized carbons (Fsp3) is 0.471. The summed E-state index contributed by atoms with van der Waals surface area (Å²) in [4.78, 5) is 5.64. The minimum absolute atomic E-state index is 0.487. The summed E-state index contributed by atoms with van der Waals surface area (Å²) in [5.74, 6) is 0.680. The summed E-state index contributed by atoms with van der Waals surface area (Å²) in [7, 11) is 0. The van der Waals surface area contributed by atoms with E-state index in [1.807, 2.05) is 11.7 Å². The van der Waals surface area contributed by atoms with Crippen LogP contribution in [0.4, 0.5) is 0 Å². The lowest BCUT2D eigenvalue weighted by atomic mass is 9.88. The van der Waals surface area contributed by atoms with Crippen LogP contribution in [0, 0.1) is 5.92 Å². The third-order valence-corrected chi connectivity index (χ3v) is 5.06. The van der Waals surface area contributed by atoms with E-state index < -0.39 is 0 Å². The van der Waals surface area contributed by atoms with Crippen molar-refractivity contribution in [2.75, 3.05) is 6.54 Å². The van der Waals surface area contributed by atoms with Crippen molar-refractivity contribution in [1.82, 2.24) is 10.3 Å². The zero-order chi connectivity index (χ0) is 13.8. The Kier molecular flexibility index (Phi) is 4.48. The maximum atomic E-state index is 4.22. The molecular formula is C17H22N2S. The van der Waals surface area contributed by atoms with Gasteiger partial charge in [-0.2, -0.15) is 0 Å². The minimum atomic E-state index is 0.487. The van der Waals surface area contributed by atoms with Crippen LogP contribution in [0.3, 0.4) is 0 Å². The van der Waals surface area contributed by atoms with Crippen molar-refractivity contribution < 1.29 is 0 Å². The number of hydrogen-bond acceptors (Lipinski definition) is 3. The van der Waals surface area contributed by atoms with Crippen LogP contribution in [0.25, 0.3) is 0 Å². The van der Waals surface area contributed by atoms with Crippen molar-refractivity contribution >= 4 is 11.3 Å². The summed E-state index contributed by atoms with van der Waals surface area (Å²) in [5.41, 5.74) is 4.99. The molecule has 2 nitrogen and oxygen atoms in total. The Bertz CT molecular complexity index is 536. The van der Waals surface area contributed by atoms with Crippen molar-refractivity contribution in [2.24, 2.45) is 5.92 Å². The quantitative estimate of drug-likeness (QED) is 0.860. The van der Waals surface area contributed by atoms with E-state index in [0.29, 0.717) is 12.0 Å². The van der Waals surface area contributed by atoms with Gasteiger partial charge in [-0.25, -0.2) is 0 Å². The van der Waals surface area contributed by atoms with Gasteiger partial charge in [-0.05, 0) is 49.3 Å². The second kappa shape index (κ2) is 6.51. The van der Waals surface area contributed by atoms with E-state index in [9.17, 15) is 0 Å². The lowest BCUT2D eigenvalue weighted by molar-refractivity contribution is 0.348. The number of fused-ring (bicyclic) bond motifs is 1. The first kappa shape index (κ1) is 13.8. The number of thiazole rings is 1. The molecule has 0 saturated carbocycles. The van der Waals surface area contributed by atoms with Gasteiger partial charge in [-0.15, -0.1) is 11.3 Å². The molecule has 1 aliphatic rings. The molecule has 106 valence electrons. The monoisotopic (exact) mass is 286 g/mol. The smallest absolute Gasteiger partial charge is 0.0794 e. The van der Waals surface area contributed by atoms with Crippen molar-refractivity contribution in [2.45, 2.75) is 38.6 Å². The van der Waals surface area contributed by atoms with Crippen molar-refractivity contribution in [3.05, 3.63) is 52.0 Å². The molecule has 0 saturated heterocycles. The molecule has 2 atom stereocenters. The SMILES string of the molecule is CCNC1c2ccccc2CCCC1Cc1cncs1. The molecule has 0 aliphatic heterocycles. The Hall–Kier alpha value is -1.19. The normalized spacial score (nSPS) is 22.2. The molecule has 3 heteroatoms. The zero-order valence-electron chi connectivity index (χ0n) is 12.0. The summed E-state index contributed by atoms with van der Waals surface area (Å²) in [5, 5.41) is 3.73. The number of nitrogens with zero attached hydrogens (tertiary/aromatic N) is 1. The fourth-order valence-electron chi connectivity index (χ4n) is 3.36. The average molecular weight is 286 g/mol. The molecular weight excluding hydrogens is 264 g/mol. The molecule has 0 amide bonds. The molecule has 0 fully saturated rings. The number of benzene rings is 1. The molecule has 3 rings (SSSR count). The Morgan fingerprint density at radius 2 is 2.25 bits per heavy atom. The van der Waals surface area contributed by atoms with E-state index in [-0.39, 0.29) is 0 Å². The topological polar surface area (TPSA) is 24.9 Å². The van der Waals surface area contributed by atoms with Crippen LogP contribution >= 0.6 is 11.3 Å². The summed E-state index contributed by atoms with van der Waals surface area (Å²) in [6.07, 6.45) is 6.99. The van der Waals surface area contributed by atoms with Gasteiger partial charge in [0.1, 0.15) is 0 Å². The maximum absolute atomic E-state index is 4.22. The molecule has 0 bridgehead atoms. The Morgan fingerprint density at radius 3 is 3.05 bits per heavy atom. The van der Waals surface area contributed by atoms with E-state index in [2.05, 4.69) is 41.5 Å². The third kappa shape index (κ3) is 2.94. The molecule has 1 heterocycles. The highest BCUT2D eigenvalue weighted by atomic mass is 32.1. The molecule has 0 radical (unpaired) electrons. The number of hydrogen-bond donors (Lipinski definition) is 1. The summed E-state index contributed by atoms with van der Waals surface area (Å²) in [6, 6.07) is 9.45. The van der Waals surface area contributed by atoms with Gasteiger partial charge in [0, 0.05) is 17.1 Å². The van der Waals surface area contributed by atoms with E-state index in [0.717, 1.165) is 13.0 Å². The minimum Gasteiger partial charge on any atom is -0.310 e. The second-order valence-electron chi connectivity index (χ2n) is 5.56. The van der Waals surface area contributed by atoms with Gasteiger partial charge in [0.25, 0.3) is 0 Å². The Morgan fingerprint density at radius 1 is 1.35 bits per heavy atom. The number of rotatable bonds is 4. The first-order valence-electron chi connectivity index (χ1n) is 7.57. The fourth-order valence-corrected chi connectivity index (χ4v) is 4.05. The lowest BCUT2D eigenvalue weighted by Crippen LogP contribution is -2.29. The molecule has 1 aromatic heterocycles. The summed E-state index contributed by atoms with van der Waals surface area (Å²) < 4.78 is 0. The van der Waals surface area contributed by atoms with E-state index in [1.54, 1.807) is 11.3 Å². The van der Waals surface area contributed by atoms with Crippen LogP contribution in [0.5, 0.6) is 0 Å². The van der Waals surface area contributed by atoms with Crippen LogP contribution in [-0.2, 0) is 12.8 Å². The van der Waals surface area contributed by atoms with Crippen LogP contribution in [0.1, 0.15) is 41.8 Å². The molecule has 1 aromatic carbocycles. The van der Waals surface area contributed by atoms with Gasteiger partial charge in [0.2, 0.25) is 0 Å². The lowest BCUT2D eigenvalue weighted by Gasteiger charge is -2.27. The Balaban J connectivity index is 1.89. The third-order valence-electron chi connectivity index (χ3n) is 4.25. The molecule has 1 N–H and O–H groups in total. The maximum Gasteiger partial charge on any atom is 0.0794 e. The van der Waals surface area contributed by atoms with Crippen molar-refractivity contribution in [3.63, 3.8) is 0 Å². The highest BCUT2D eigenvalue weighted by Crippen LogP contribution is 2.35. The standard InChI is InChI=1S/C17H22N2S/c1-2-19-17-14(10-15-11-18-12-20-15)8-5-7-13-6-3-4-9-16(13)17/h3-4,6,9,11-12,14,17,19H,2,5,7-8,10H2,1H3. The van der Waals surface area contributed by atoms with E-state index in [1.165, 1.54) is 35.3 Å². The number of aryl methyl sites for hydroxylation is 1. The molecule has 1 aliphatic carbocycles. The number of aromatic nitrogens is 1. The van der Waals surface area contributed by atoms with Gasteiger partial charge < -0.3 is 5.32 Å². The van der Waals surface area contributed by atoms with E-state index in [4.69, 9.17) is 0 Å². The van der Waals surface area contributed by atoms with Crippen LogP contribution in [0.2, 0.25) is 0 Å². The van der Waals surface area contributed by atoms with Crippen molar-refractivity contribution in [3.8, 4) is 0 Å². The first-order chi connectivity index (χ1) is 9.88. The molecule has 20 heavy (non-hydrogen) atoms. The van der Waals surface area contributed by atoms with Gasteiger partial charge in [0.05, 0.1) is 5.51 Å². The van der Waals surface area contributed by atoms with Crippen LogP contribution in [0.15, 0.2) is 36.0 Å². The molecule has 2 unspecified atom stereocenters. The largest absolute Gasteiger partial charge is 0.310 e. The number of nitrogens with one attached hydrogen (secondary N) is 1. The molecule has 2 aromatic rings. The highest BCUT2D eigenvalue weighted by molar-refractivity contribution is 7.09. The van der Waals surface area contributed by atoms with Gasteiger partial charge in [-0.1, -0.05) is 31.2 Å². The molecule has 0 spiro atoms. The zero-order valence-corrected chi connectivity index (χ0v) is 12.8. The predicted octanol–water partition coefficient (Wildman–Crippen LogP) is 3.99. The van der Waals surface area contributed by atoms with Crippen LogP contribution in [-0.4, -0.2) is 11.5 Å². The van der Waals surface area contributed by atoms with Crippen molar-refractivity contribution in [1.29, 1.82) is 0 Å². The van der Waals surface area contributed by atoms with Gasteiger partial charge >= 0.3 is 0 Å². The Labute approximate surface area is 125 Å². The highest BCUT2D eigenvalue weighted by Gasteiger charge is 2.27. The average Bonchev–Trinajstić information content (AvgIpc) is 2.91. The van der Waals surface area contributed by atoms with E-state index >= 15 is 0 Å². The summed E-state index contributed by atoms with van der Waals surface area (Å²) >= 11 is 1.79. The van der Waals surface area contributed by atoms with Gasteiger partial charge in [-0.3, -0.25) is 4.98 Å². The summed E-state index contributed by atoms with van der Waals surface area (Å²) in [6.45, 7) is 3.23. The second-order valence-corrected chi connectivity index (χ2v) is 6.53. The van der Waals surface area contributed by atoms with Gasteiger partial charge in [0.15, 0.2) is 0 Å². The first-order valence-corrected chi connectivity index (χ1v) is 8.45. The van der Waals surface area contributed by atoms with Crippen LogP contribution < -0.4 is 5.32 Å². The predicted molar refractivity (Wildman–Crippen MR) is 85.1 cm³/mol.